The van der Waals surface area contributed by atoms with Crippen molar-refractivity contribution >= 4 is 16.8 Å². The highest BCUT2D eigenvalue weighted by Gasteiger charge is 2.22. The molecule has 0 unspecified atom stereocenters. The zero-order valence-corrected chi connectivity index (χ0v) is 12.8. The van der Waals surface area contributed by atoms with Crippen LogP contribution in [0.4, 0.5) is 0 Å². The summed E-state index contributed by atoms with van der Waals surface area (Å²) in [5, 5.41) is 8.87. The summed E-state index contributed by atoms with van der Waals surface area (Å²) in [5.74, 6) is 0.0788. The molecule has 1 aliphatic carbocycles. The minimum Gasteiger partial charge on any atom is -0.352 e. The third-order valence-corrected chi connectivity index (χ3v) is 4.50. The van der Waals surface area contributed by atoms with Gasteiger partial charge >= 0.3 is 0 Å². The molecule has 1 aromatic heterocycles. The van der Waals surface area contributed by atoms with Crippen molar-refractivity contribution in [1.29, 1.82) is 0 Å². The van der Waals surface area contributed by atoms with Crippen LogP contribution in [-0.2, 0) is 4.79 Å². The Balaban J connectivity index is 1.79. The summed E-state index contributed by atoms with van der Waals surface area (Å²) in [6.07, 6.45) is 5.96. The van der Waals surface area contributed by atoms with Crippen LogP contribution in [0.3, 0.4) is 0 Å². The number of carbonyl (C=O) groups excluding carboxylic acids is 1. The van der Waals surface area contributed by atoms with Crippen LogP contribution < -0.4 is 5.32 Å². The van der Waals surface area contributed by atoms with E-state index >= 15 is 0 Å². The van der Waals surface area contributed by atoms with E-state index in [-0.39, 0.29) is 11.9 Å². The van der Waals surface area contributed by atoms with Crippen LogP contribution in [0.5, 0.6) is 0 Å². The van der Waals surface area contributed by atoms with Crippen molar-refractivity contribution in [2.24, 2.45) is 0 Å². The quantitative estimate of drug-likeness (QED) is 0.940. The lowest BCUT2D eigenvalue weighted by atomic mass is 9.95. The maximum absolute atomic E-state index is 12.5. The lowest BCUT2D eigenvalue weighted by Gasteiger charge is -2.24. The van der Waals surface area contributed by atoms with Crippen LogP contribution in [0.1, 0.15) is 50.8 Å². The standard InChI is InChI=1S/C17H23N3O/c1-12-15-10-6-7-11-16(15)20(19-12)13(2)17(21)18-14-8-4-3-5-9-14/h6-7,10-11,13-14H,3-5,8-9H2,1-2H3,(H,18,21)/t13-/m0/s1. The van der Waals surface area contributed by atoms with Gasteiger partial charge in [0.2, 0.25) is 5.91 Å². The molecule has 1 atom stereocenters. The van der Waals surface area contributed by atoms with Gasteiger partial charge in [0, 0.05) is 11.4 Å². The first kappa shape index (κ1) is 14.1. The highest BCUT2D eigenvalue weighted by Crippen LogP contribution is 2.22. The molecule has 4 heteroatoms. The Morgan fingerprint density at radius 2 is 2.00 bits per heavy atom. The van der Waals surface area contributed by atoms with Crippen LogP contribution in [0, 0.1) is 6.92 Å². The molecule has 112 valence electrons. The van der Waals surface area contributed by atoms with Crippen LogP contribution in [-0.4, -0.2) is 21.7 Å². The number of aryl methyl sites for hydroxylation is 1. The number of benzene rings is 1. The fourth-order valence-corrected chi connectivity index (χ4v) is 3.22. The number of aromatic nitrogens is 2. The fraction of sp³-hybridized carbons (Fsp3) is 0.529. The zero-order chi connectivity index (χ0) is 14.8. The van der Waals surface area contributed by atoms with Crippen molar-refractivity contribution in [3.8, 4) is 0 Å². The van der Waals surface area contributed by atoms with E-state index in [1.54, 1.807) is 0 Å². The molecular weight excluding hydrogens is 262 g/mol. The molecular formula is C17H23N3O. The lowest BCUT2D eigenvalue weighted by Crippen LogP contribution is -2.40. The number of amides is 1. The van der Waals surface area contributed by atoms with E-state index in [9.17, 15) is 4.79 Å². The van der Waals surface area contributed by atoms with E-state index in [1.807, 2.05) is 36.7 Å². The molecule has 0 aliphatic heterocycles. The predicted molar refractivity (Wildman–Crippen MR) is 84.2 cm³/mol. The van der Waals surface area contributed by atoms with Gasteiger partial charge < -0.3 is 5.32 Å². The van der Waals surface area contributed by atoms with Gasteiger partial charge in [-0.2, -0.15) is 5.10 Å². The van der Waals surface area contributed by atoms with Crippen LogP contribution in [0.25, 0.3) is 10.9 Å². The Morgan fingerprint density at radius 1 is 1.29 bits per heavy atom. The van der Waals surface area contributed by atoms with Gasteiger partial charge in [0.1, 0.15) is 6.04 Å². The minimum atomic E-state index is -0.273. The second-order valence-corrected chi connectivity index (χ2v) is 6.07. The van der Waals surface area contributed by atoms with Gasteiger partial charge in [0.25, 0.3) is 0 Å². The van der Waals surface area contributed by atoms with Crippen molar-refractivity contribution in [1.82, 2.24) is 15.1 Å². The Hall–Kier alpha value is -1.84. The maximum atomic E-state index is 12.5. The van der Waals surface area contributed by atoms with Crippen molar-refractivity contribution < 1.29 is 4.79 Å². The normalized spacial score (nSPS) is 17.8. The number of hydrogen-bond donors (Lipinski definition) is 1. The maximum Gasteiger partial charge on any atom is 0.244 e. The van der Waals surface area contributed by atoms with E-state index in [1.165, 1.54) is 19.3 Å². The minimum absolute atomic E-state index is 0.0788. The van der Waals surface area contributed by atoms with Gasteiger partial charge in [-0.3, -0.25) is 9.48 Å². The van der Waals surface area contributed by atoms with Gasteiger partial charge in [-0.15, -0.1) is 0 Å². The molecule has 1 aromatic carbocycles. The number of nitrogens with one attached hydrogen (secondary N) is 1. The third kappa shape index (κ3) is 2.80. The molecule has 0 spiro atoms. The number of hydrogen-bond acceptors (Lipinski definition) is 2. The lowest BCUT2D eigenvalue weighted by molar-refractivity contribution is -0.125. The van der Waals surface area contributed by atoms with E-state index < -0.39 is 0 Å². The first-order valence-electron chi connectivity index (χ1n) is 7.91. The van der Waals surface area contributed by atoms with Gasteiger partial charge in [0.15, 0.2) is 0 Å². The highest BCUT2D eigenvalue weighted by atomic mass is 16.2. The molecule has 0 bridgehead atoms. The molecule has 2 aromatic rings. The van der Waals surface area contributed by atoms with Gasteiger partial charge in [-0.1, -0.05) is 37.5 Å². The Bertz CT molecular complexity index is 641. The average Bonchev–Trinajstić information content (AvgIpc) is 2.85. The molecule has 0 saturated heterocycles. The average molecular weight is 285 g/mol. The SMILES string of the molecule is Cc1nn([C@@H](C)C(=O)NC2CCCCC2)c2ccccc12. The molecule has 1 amide bonds. The highest BCUT2D eigenvalue weighted by molar-refractivity contribution is 5.86. The zero-order valence-electron chi connectivity index (χ0n) is 12.8. The molecule has 4 nitrogen and oxygen atoms in total. The summed E-state index contributed by atoms with van der Waals surface area (Å²) < 4.78 is 1.85. The number of para-hydroxylation sites is 1. The van der Waals surface area contributed by atoms with Crippen molar-refractivity contribution in [3.63, 3.8) is 0 Å². The Morgan fingerprint density at radius 3 is 2.76 bits per heavy atom. The number of nitrogens with zero attached hydrogens (tertiary/aromatic N) is 2. The van der Waals surface area contributed by atoms with Gasteiger partial charge in [-0.25, -0.2) is 0 Å². The molecule has 1 fully saturated rings. The monoisotopic (exact) mass is 285 g/mol. The topological polar surface area (TPSA) is 46.9 Å². The molecule has 3 rings (SSSR count). The molecule has 1 aliphatic rings. The van der Waals surface area contributed by atoms with E-state index in [4.69, 9.17) is 0 Å². The smallest absolute Gasteiger partial charge is 0.244 e. The number of fused-ring (bicyclic) bond motifs is 1. The number of carbonyl (C=O) groups is 1. The molecule has 21 heavy (non-hydrogen) atoms. The van der Waals surface area contributed by atoms with Crippen LogP contribution >= 0.6 is 0 Å². The van der Waals surface area contributed by atoms with E-state index in [0.717, 1.165) is 29.4 Å². The Kier molecular flexibility index (Phi) is 3.95. The first-order chi connectivity index (χ1) is 10.2. The van der Waals surface area contributed by atoms with Gasteiger partial charge in [-0.05, 0) is 32.8 Å². The summed E-state index contributed by atoms with van der Waals surface area (Å²) in [5.41, 5.74) is 2.00. The van der Waals surface area contributed by atoms with Crippen molar-refractivity contribution in [3.05, 3.63) is 30.0 Å². The summed E-state index contributed by atoms with van der Waals surface area (Å²) in [4.78, 5) is 12.5. The van der Waals surface area contributed by atoms with Crippen LogP contribution in [0.2, 0.25) is 0 Å². The first-order valence-corrected chi connectivity index (χ1v) is 7.91. The fourth-order valence-electron chi connectivity index (χ4n) is 3.22. The molecule has 1 saturated carbocycles. The Labute approximate surface area is 125 Å². The molecule has 1 heterocycles. The van der Waals surface area contributed by atoms with Gasteiger partial charge in [0.05, 0.1) is 11.2 Å². The second-order valence-electron chi connectivity index (χ2n) is 6.07. The summed E-state index contributed by atoms with van der Waals surface area (Å²) >= 11 is 0. The predicted octanol–water partition coefficient (Wildman–Crippen LogP) is 3.35. The van der Waals surface area contributed by atoms with Crippen molar-refractivity contribution in [2.45, 2.75) is 58.0 Å². The summed E-state index contributed by atoms with van der Waals surface area (Å²) in [7, 11) is 0. The third-order valence-electron chi connectivity index (χ3n) is 4.50. The summed E-state index contributed by atoms with van der Waals surface area (Å²) in [6.45, 7) is 3.92. The summed E-state index contributed by atoms with van der Waals surface area (Å²) in [6, 6.07) is 8.15. The van der Waals surface area contributed by atoms with E-state index in [0.29, 0.717) is 6.04 Å². The number of rotatable bonds is 3. The van der Waals surface area contributed by atoms with E-state index in [2.05, 4.69) is 16.5 Å². The largest absolute Gasteiger partial charge is 0.352 e. The molecule has 1 N–H and O–H groups in total. The van der Waals surface area contributed by atoms with Crippen molar-refractivity contribution in [2.75, 3.05) is 0 Å². The second kappa shape index (κ2) is 5.88. The van der Waals surface area contributed by atoms with Crippen LogP contribution in [0.15, 0.2) is 24.3 Å². The molecule has 0 radical (unpaired) electrons.